The molecule has 1 heterocycles. The molecule has 0 unspecified atom stereocenters. The van der Waals surface area contributed by atoms with Gasteiger partial charge >= 0.3 is 0 Å². The van der Waals surface area contributed by atoms with E-state index in [9.17, 15) is 8.42 Å². The van der Waals surface area contributed by atoms with Gasteiger partial charge in [0.1, 0.15) is 11.0 Å². The average molecular weight is 324 g/mol. The summed E-state index contributed by atoms with van der Waals surface area (Å²) in [5.41, 5.74) is 0.612. The summed E-state index contributed by atoms with van der Waals surface area (Å²) in [6.07, 6.45) is 0. The Morgan fingerprint density at radius 1 is 1.23 bits per heavy atom. The van der Waals surface area contributed by atoms with Gasteiger partial charge in [0.05, 0.1) is 12.9 Å². The van der Waals surface area contributed by atoms with Crippen LogP contribution in [0.25, 0.3) is 0 Å². The third-order valence-corrected chi connectivity index (χ3v) is 5.40. The minimum Gasteiger partial charge on any atom is -0.496 e. The number of benzene rings is 1. The standard InChI is InChI=1S/C15H20N2O4S/c1-10(2)14-16-15(21-17-14)11(3)22(18,19)9-12-7-5-6-8-13(12)20-4/h5-8,10-11H,9H2,1-4H3/t11-/m0/s1. The Morgan fingerprint density at radius 2 is 1.91 bits per heavy atom. The topological polar surface area (TPSA) is 82.3 Å². The number of sulfone groups is 1. The van der Waals surface area contributed by atoms with Crippen LogP contribution in [0.2, 0.25) is 0 Å². The largest absolute Gasteiger partial charge is 0.496 e. The lowest BCUT2D eigenvalue weighted by molar-refractivity contribution is 0.369. The normalized spacial score (nSPS) is 13.3. The van der Waals surface area contributed by atoms with E-state index >= 15 is 0 Å². The summed E-state index contributed by atoms with van der Waals surface area (Å²) in [5.74, 6) is 1.12. The molecular weight excluding hydrogens is 304 g/mol. The molecule has 0 saturated heterocycles. The second-order valence-electron chi connectivity index (χ2n) is 5.41. The first-order valence-corrected chi connectivity index (χ1v) is 8.73. The zero-order valence-corrected chi connectivity index (χ0v) is 13.9. The van der Waals surface area contributed by atoms with Gasteiger partial charge in [-0.2, -0.15) is 4.98 Å². The second kappa shape index (κ2) is 6.48. The summed E-state index contributed by atoms with van der Waals surface area (Å²) in [5, 5.41) is 2.95. The average Bonchev–Trinajstić information content (AvgIpc) is 2.96. The number of aromatic nitrogens is 2. The van der Waals surface area contributed by atoms with Crippen molar-refractivity contribution in [2.45, 2.75) is 37.7 Å². The van der Waals surface area contributed by atoms with Gasteiger partial charge in [0.25, 0.3) is 0 Å². The summed E-state index contributed by atoms with van der Waals surface area (Å²) in [7, 11) is -1.97. The summed E-state index contributed by atoms with van der Waals surface area (Å²) >= 11 is 0. The van der Waals surface area contributed by atoms with Crippen LogP contribution in [0.1, 0.15) is 49.2 Å². The summed E-state index contributed by atoms with van der Waals surface area (Å²) in [4.78, 5) is 4.17. The predicted molar refractivity (Wildman–Crippen MR) is 82.4 cm³/mol. The molecule has 0 saturated carbocycles. The van der Waals surface area contributed by atoms with Crippen LogP contribution in [-0.4, -0.2) is 25.7 Å². The summed E-state index contributed by atoms with van der Waals surface area (Å²) in [6.45, 7) is 5.40. The number of ether oxygens (including phenoxy) is 1. The van der Waals surface area contributed by atoms with E-state index in [0.717, 1.165) is 0 Å². The molecule has 0 aliphatic rings. The molecule has 1 aromatic carbocycles. The van der Waals surface area contributed by atoms with Crippen LogP contribution < -0.4 is 4.74 Å². The third kappa shape index (κ3) is 3.47. The van der Waals surface area contributed by atoms with Crippen molar-refractivity contribution in [2.75, 3.05) is 7.11 Å². The van der Waals surface area contributed by atoms with Crippen molar-refractivity contribution < 1.29 is 17.7 Å². The van der Waals surface area contributed by atoms with Crippen LogP contribution in [0.4, 0.5) is 0 Å². The number of rotatable bonds is 6. The minimum atomic E-state index is -3.49. The fourth-order valence-electron chi connectivity index (χ4n) is 1.96. The van der Waals surface area contributed by atoms with Crippen molar-refractivity contribution in [3.63, 3.8) is 0 Å². The van der Waals surface area contributed by atoms with E-state index in [1.807, 2.05) is 13.8 Å². The summed E-state index contributed by atoms with van der Waals surface area (Å²) < 4.78 is 35.4. The predicted octanol–water partition coefficient (Wildman–Crippen LogP) is 2.88. The lowest BCUT2D eigenvalue weighted by Gasteiger charge is -2.11. The van der Waals surface area contributed by atoms with Crippen molar-refractivity contribution in [1.29, 1.82) is 0 Å². The molecule has 1 atom stereocenters. The molecule has 22 heavy (non-hydrogen) atoms. The molecule has 0 spiro atoms. The highest BCUT2D eigenvalue weighted by atomic mass is 32.2. The zero-order valence-electron chi connectivity index (χ0n) is 13.1. The molecule has 0 fully saturated rings. The third-order valence-electron chi connectivity index (χ3n) is 3.41. The van der Waals surface area contributed by atoms with Crippen LogP contribution in [0.5, 0.6) is 5.75 Å². The van der Waals surface area contributed by atoms with Crippen LogP contribution in [-0.2, 0) is 15.6 Å². The van der Waals surface area contributed by atoms with Gasteiger partial charge in [-0.05, 0) is 13.0 Å². The van der Waals surface area contributed by atoms with Gasteiger partial charge in [0, 0.05) is 11.5 Å². The van der Waals surface area contributed by atoms with E-state index in [2.05, 4.69) is 10.1 Å². The van der Waals surface area contributed by atoms with Crippen LogP contribution in [0, 0.1) is 0 Å². The second-order valence-corrected chi connectivity index (χ2v) is 7.73. The monoisotopic (exact) mass is 324 g/mol. The van der Waals surface area contributed by atoms with Crippen molar-refractivity contribution in [3.05, 3.63) is 41.5 Å². The van der Waals surface area contributed by atoms with E-state index in [1.54, 1.807) is 31.2 Å². The molecular formula is C15H20N2O4S. The van der Waals surface area contributed by atoms with Crippen molar-refractivity contribution >= 4 is 9.84 Å². The molecule has 6 nitrogen and oxygen atoms in total. The molecule has 2 rings (SSSR count). The maximum atomic E-state index is 12.6. The minimum absolute atomic E-state index is 0.0848. The van der Waals surface area contributed by atoms with Gasteiger partial charge in [-0.3, -0.25) is 0 Å². The van der Waals surface area contributed by atoms with Gasteiger partial charge in [-0.15, -0.1) is 0 Å². The highest BCUT2D eigenvalue weighted by Gasteiger charge is 2.29. The molecule has 0 aliphatic heterocycles. The Labute approximate surface area is 130 Å². The van der Waals surface area contributed by atoms with E-state index in [1.165, 1.54) is 7.11 Å². The number of methoxy groups -OCH3 is 1. The first-order valence-electron chi connectivity index (χ1n) is 7.02. The molecule has 120 valence electrons. The lowest BCUT2D eigenvalue weighted by atomic mass is 10.2. The zero-order chi connectivity index (χ0) is 16.3. The van der Waals surface area contributed by atoms with Gasteiger partial charge < -0.3 is 9.26 Å². The van der Waals surface area contributed by atoms with Crippen molar-refractivity contribution in [1.82, 2.24) is 10.1 Å². The maximum Gasteiger partial charge on any atom is 0.244 e. The number of nitrogens with zero attached hydrogens (tertiary/aromatic N) is 2. The van der Waals surface area contributed by atoms with Crippen molar-refractivity contribution in [3.8, 4) is 5.75 Å². The Bertz CT molecular complexity index is 738. The molecule has 0 aliphatic carbocycles. The highest BCUT2D eigenvalue weighted by molar-refractivity contribution is 7.90. The Hall–Kier alpha value is -1.89. The number of hydrogen-bond acceptors (Lipinski definition) is 6. The smallest absolute Gasteiger partial charge is 0.244 e. The quantitative estimate of drug-likeness (QED) is 0.812. The first-order chi connectivity index (χ1) is 10.3. The SMILES string of the molecule is COc1ccccc1CS(=O)(=O)[C@@H](C)c1nc(C(C)C)no1. The molecule has 0 amide bonds. The van der Waals surface area contributed by atoms with E-state index in [4.69, 9.17) is 9.26 Å². The van der Waals surface area contributed by atoms with Gasteiger partial charge in [-0.1, -0.05) is 37.2 Å². The molecule has 0 bridgehead atoms. The molecule has 0 radical (unpaired) electrons. The summed E-state index contributed by atoms with van der Waals surface area (Å²) in [6, 6.07) is 7.04. The highest BCUT2D eigenvalue weighted by Crippen LogP contribution is 2.28. The van der Waals surface area contributed by atoms with Crippen molar-refractivity contribution in [2.24, 2.45) is 0 Å². The first kappa shape index (κ1) is 16.5. The van der Waals surface area contributed by atoms with E-state index in [0.29, 0.717) is 17.1 Å². The molecule has 2 aromatic rings. The van der Waals surface area contributed by atoms with Gasteiger partial charge in [0.2, 0.25) is 5.89 Å². The maximum absolute atomic E-state index is 12.6. The Balaban J connectivity index is 2.25. The van der Waals surface area contributed by atoms with Crippen LogP contribution >= 0.6 is 0 Å². The molecule has 7 heteroatoms. The number of para-hydroxylation sites is 1. The Kier molecular flexibility index (Phi) is 4.85. The fraction of sp³-hybridized carbons (Fsp3) is 0.467. The fourth-order valence-corrected chi connectivity index (χ4v) is 3.29. The van der Waals surface area contributed by atoms with E-state index in [-0.39, 0.29) is 17.6 Å². The van der Waals surface area contributed by atoms with Crippen LogP contribution in [0.3, 0.4) is 0 Å². The van der Waals surface area contributed by atoms with Crippen LogP contribution in [0.15, 0.2) is 28.8 Å². The number of hydrogen-bond donors (Lipinski definition) is 0. The van der Waals surface area contributed by atoms with Gasteiger partial charge in [0.15, 0.2) is 15.7 Å². The Morgan fingerprint density at radius 3 is 2.50 bits per heavy atom. The van der Waals surface area contributed by atoms with Gasteiger partial charge in [-0.25, -0.2) is 8.42 Å². The van der Waals surface area contributed by atoms with E-state index < -0.39 is 15.1 Å². The molecule has 0 N–H and O–H groups in total. The lowest BCUT2D eigenvalue weighted by Crippen LogP contribution is -2.14. The molecule has 1 aromatic heterocycles.